The summed E-state index contributed by atoms with van der Waals surface area (Å²) in [6, 6.07) is 16.8. The van der Waals surface area contributed by atoms with Crippen molar-refractivity contribution in [3.63, 3.8) is 0 Å². The van der Waals surface area contributed by atoms with E-state index in [2.05, 4.69) is 22.1 Å². The number of likely N-dealkylation sites (tertiary alicyclic amines) is 1. The molecule has 2 aromatic carbocycles. The molecule has 6 heteroatoms. The Hall–Kier alpha value is -3.59. The first-order chi connectivity index (χ1) is 16.1. The van der Waals surface area contributed by atoms with Gasteiger partial charge in [-0.15, -0.1) is 0 Å². The second-order valence-corrected chi connectivity index (χ2v) is 9.16. The molecule has 0 N–H and O–H groups in total. The highest BCUT2D eigenvalue weighted by Gasteiger charge is 2.37. The van der Waals surface area contributed by atoms with Crippen LogP contribution in [0.4, 0.5) is 4.39 Å². The van der Waals surface area contributed by atoms with E-state index in [4.69, 9.17) is 0 Å². The Morgan fingerprint density at radius 3 is 2.52 bits per heavy atom. The van der Waals surface area contributed by atoms with Crippen LogP contribution in [-0.2, 0) is 6.42 Å². The lowest BCUT2D eigenvalue weighted by atomic mass is 9.75. The van der Waals surface area contributed by atoms with E-state index in [1.807, 2.05) is 23.1 Å². The molecule has 2 heterocycles. The van der Waals surface area contributed by atoms with Gasteiger partial charge in [0, 0.05) is 30.4 Å². The van der Waals surface area contributed by atoms with Gasteiger partial charge in [-0.2, -0.15) is 5.26 Å². The third-order valence-corrected chi connectivity index (χ3v) is 6.88. The summed E-state index contributed by atoms with van der Waals surface area (Å²) in [7, 11) is 0. The van der Waals surface area contributed by atoms with Crippen molar-refractivity contribution in [3.05, 3.63) is 83.6 Å². The van der Waals surface area contributed by atoms with E-state index in [-0.39, 0.29) is 11.7 Å². The second kappa shape index (κ2) is 8.74. The van der Waals surface area contributed by atoms with E-state index in [0.29, 0.717) is 43.8 Å². The minimum Gasteiger partial charge on any atom is -0.339 e. The molecular formula is C27H25FN4O. The lowest BCUT2D eigenvalue weighted by molar-refractivity contribution is 0.0648. The Balaban J connectivity index is 1.37. The Bertz CT molecular complexity index is 1190. The van der Waals surface area contributed by atoms with E-state index in [9.17, 15) is 14.4 Å². The number of halogens is 1. The Morgan fingerprint density at radius 1 is 1.12 bits per heavy atom. The topological polar surface area (TPSA) is 69.9 Å². The molecule has 5 nitrogen and oxygen atoms in total. The smallest absolute Gasteiger partial charge is 0.254 e. The minimum absolute atomic E-state index is 0.0144. The zero-order chi connectivity index (χ0) is 22.8. The molecule has 0 atom stereocenters. The summed E-state index contributed by atoms with van der Waals surface area (Å²) in [5.41, 5.74) is 3.82. The van der Waals surface area contributed by atoms with Crippen LogP contribution in [0, 0.1) is 22.6 Å². The van der Waals surface area contributed by atoms with Gasteiger partial charge in [0.25, 0.3) is 5.91 Å². The average molecular weight is 441 g/mol. The molecule has 1 saturated heterocycles. The van der Waals surface area contributed by atoms with Gasteiger partial charge in [-0.05, 0) is 73.4 Å². The van der Waals surface area contributed by atoms with Crippen LogP contribution in [-0.4, -0.2) is 33.9 Å². The van der Waals surface area contributed by atoms with Gasteiger partial charge >= 0.3 is 0 Å². The number of piperidine rings is 1. The number of aromatic nitrogens is 2. The molecule has 0 bridgehead atoms. The van der Waals surface area contributed by atoms with E-state index < -0.39 is 5.41 Å². The third-order valence-electron chi connectivity index (χ3n) is 6.88. The van der Waals surface area contributed by atoms with Gasteiger partial charge in [0.1, 0.15) is 12.1 Å². The highest BCUT2D eigenvalue weighted by atomic mass is 19.1. The van der Waals surface area contributed by atoms with Gasteiger partial charge < -0.3 is 4.90 Å². The molecule has 1 aliphatic heterocycles. The SMILES string of the molecule is N#CC1(Cc2ccc(F)cc2)CCN(C(=O)c2cc(C3CC3)ccc2-c2ccncn2)CC1. The van der Waals surface area contributed by atoms with Gasteiger partial charge in [-0.25, -0.2) is 14.4 Å². The second-order valence-electron chi connectivity index (χ2n) is 9.16. The van der Waals surface area contributed by atoms with Crippen LogP contribution in [0.25, 0.3) is 11.3 Å². The zero-order valence-electron chi connectivity index (χ0n) is 18.4. The molecule has 166 valence electrons. The van der Waals surface area contributed by atoms with E-state index in [1.165, 1.54) is 24.0 Å². The van der Waals surface area contributed by atoms with Crippen molar-refractivity contribution in [1.29, 1.82) is 5.26 Å². The largest absolute Gasteiger partial charge is 0.339 e. The standard InChI is InChI=1S/C27H25FN4O/c28-22-6-1-19(2-7-22)16-27(17-29)10-13-32(14-11-27)26(33)24-15-21(20-3-4-20)5-8-23(24)25-9-12-30-18-31-25/h1-2,5-9,12,15,18,20H,3-4,10-11,13-14,16H2. The summed E-state index contributed by atoms with van der Waals surface area (Å²) in [6.07, 6.45) is 7.26. The van der Waals surface area contributed by atoms with Crippen LogP contribution in [0.15, 0.2) is 61.1 Å². The van der Waals surface area contributed by atoms with Gasteiger partial charge in [0.2, 0.25) is 0 Å². The van der Waals surface area contributed by atoms with Crippen LogP contribution in [0.2, 0.25) is 0 Å². The van der Waals surface area contributed by atoms with Gasteiger partial charge in [-0.3, -0.25) is 4.79 Å². The molecular weight excluding hydrogens is 415 g/mol. The number of hydrogen-bond acceptors (Lipinski definition) is 4. The summed E-state index contributed by atoms with van der Waals surface area (Å²) >= 11 is 0. The Kier molecular flexibility index (Phi) is 5.63. The zero-order valence-corrected chi connectivity index (χ0v) is 18.4. The van der Waals surface area contributed by atoms with Crippen LogP contribution >= 0.6 is 0 Å². The quantitative estimate of drug-likeness (QED) is 0.550. The molecule has 0 spiro atoms. The third kappa shape index (κ3) is 4.49. The number of nitriles is 1. The highest BCUT2D eigenvalue weighted by Crippen LogP contribution is 2.42. The molecule has 5 rings (SSSR count). The van der Waals surface area contributed by atoms with Crippen molar-refractivity contribution in [1.82, 2.24) is 14.9 Å². The Labute approximate surface area is 192 Å². The van der Waals surface area contributed by atoms with Gasteiger partial charge in [-0.1, -0.05) is 24.3 Å². The number of carbonyl (C=O) groups excluding carboxylic acids is 1. The van der Waals surface area contributed by atoms with Crippen LogP contribution < -0.4 is 0 Å². The molecule has 2 aliphatic rings. The molecule has 1 amide bonds. The first kappa shape index (κ1) is 21.3. The van der Waals surface area contributed by atoms with Crippen LogP contribution in [0.1, 0.15) is 53.1 Å². The molecule has 3 aromatic rings. The van der Waals surface area contributed by atoms with Crippen molar-refractivity contribution in [2.24, 2.45) is 5.41 Å². The number of hydrogen-bond donors (Lipinski definition) is 0. The van der Waals surface area contributed by atoms with E-state index >= 15 is 0 Å². The predicted octanol–water partition coefficient (Wildman–Crippen LogP) is 5.15. The molecule has 2 fully saturated rings. The van der Waals surface area contributed by atoms with E-state index in [1.54, 1.807) is 18.3 Å². The Morgan fingerprint density at radius 2 is 1.88 bits per heavy atom. The van der Waals surface area contributed by atoms with Crippen molar-refractivity contribution in [2.75, 3.05) is 13.1 Å². The molecule has 33 heavy (non-hydrogen) atoms. The number of rotatable bonds is 5. The van der Waals surface area contributed by atoms with E-state index in [0.717, 1.165) is 29.7 Å². The minimum atomic E-state index is -0.542. The summed E-state index contributed by atoms with van der Waals surface area (Å²) in [6.45, 7) is 1.04. The number of benzene rings is 2. The molecule has 0 unspecified atom stereocenters. The first-order valence-corrected chi connectivity index (χ1v) is 11.4. The highest BCUT2D eigenvalue weighted by molar-refractivity contribution is 6.00. The van der Waals surface area contributed by atoms with Gasteiger partial charge in [0.05, 0.1) is 17.2 Å². The first-order valence-electron chi connectivity index (χ1n) is 11.4. The van der Waals surface area contributed by atoms with Gasteiger partial charge in [0.15, 0.2) is 0 Å². The number of carbonyl (C=O) groups is 1. The summed E-state index contributed by atoms with van der Waals surface area (Å²) in [4.78, 5) is 23.9. The summed E-state index contributed by atoms with van der Waals surface area (Å²) in [5, 5.41) is 9.95. The lowest BCUT2D eigenvalue weighted by Gasteiger charge is -2.37. The molecule has 0 radical (unpaired) electrons. The molecule has 1 aromatic heterocycles. The number of amides is 1. The van der Waals surface area contributed by atoms with Crippen molar-refractivity contribution >= 4 is 5.91 Å². The number of nitrogens with zero attached hydrogens (tertiary/aromatic N) is 4. The lowest BCUT2D eigenvalue weighted by Crippen LogP contribution is -2.43. The fourth-order valence-corrected chi connectivity index (χ4v) is 4.71. The van der Waals surface area contributed by atoms with Crippen molar-refractivity contribution < 1.29 is 9.18 Å². The van der Waals surface area contributed by atoms with Crippen molar-refractivity contribution in [3.8, 4) is 17.3 Å². The fraction of sp³-hybridized carbons (Fsp3) is 0.333. The fourth-order valence-electron chi connectivity index (χ4n) is 4.71. The normalized spacial score (nSPS) is 17.4. The van der Waals surface area contributed by atoms with Crippen LogP contribution in [0.5, 0.6) is 0 Å². The average Bonchev–Trinajstić information content (AvgIpc) is 3.71. The maximum Gasteiger partial charge on any atom is 0.254 e. The maximum absolute atomic E-state index is 13.6. The molecule has 1 saturated carbocycles. The summed E-state index contributed by atoms with van der Waals surface area (Å²) < 4.78 is 13.3. The van der Waals surface area contributed by atoms with Crippen molar-refractivity contribution in [2.45, 2.75) is 38.0 Å². The monoisotopic (exact) mass is 440 g/mol. The maximum atomic E-state index is 13.6. The summed E-state index contributed by atoms with van der Waals surface area (Å²) in [5.74, 6) is 0.247. The van der Waals surface area contributed by atoms with Crippen LogP contribution in [0.3, 0.4) is 0 Å². The molecule has 1 aliphatic carbocycles. The predicted molar refractivity (Wildman–Crippen MR) is 123 cm³/mol.